The summed E-state index contributed by atoms with van der Waals surface area (Å²) >= 11 is 5.66. The Labute approximate surface area is 126 Å². The zero-order chi connectivity index (χ0) is 15.5. The van der Waals surface area contributed by atoms with Crippen LogP contribution in [0.3, 0.4) is 0 Å². The zero-order valence-corrected chi connectivity index (χ0v) is 12.2. The van der Waals surface area contributed by atoms with Gasteiger partial charge in [0.25, 0.3) is 15.8 Å². The number of Topliss-reactive ketones (excluding diaryl/α,β-unsaturated/α-hetero) is 1. The first kappa shape index (κ1) is 15.2. The summed E-state index contributed by atoms with van der Waals surface area (Å²) in [6.07, 6.45) is 0. The Morgan fingerprint density at radius 1 is 0.905 bits per heavy atom. The predicted molar refractivity (Wildman–Crippen MR) is 77.6 cm³/mol. The van der Waals surface area contributed by atoms with Crippen LogP contribution in [-0.2, 0) is 14.8 Å². The van der Waals surface area contributed by atoms with Gasteiger partial charge in [-0.05, 0) is 24.3 Å². The number of carbonyl (C=O) groups excluding carboxylic acids is 2. The van der Waals surface area contributed by atoms with Crippen molar-refractivity contribution in [1.29, 1.82) is 0 Å². The van der Waals surface area contributed by atoms with Crippen LogP contribution in [0.5, 0.6) is 0 Å². The minimum Gasteiger partial charge on any atom is -0.283 e. The van der Waals surface area contributed by atoms with Crippen LogP contribution in [0.15, 0.2) is 59.5 Å². The predicted octanol–water partition coefficient (Wildman–Crippen LogP) is 2.03. The molecule has 0 aliphatic carbocycles. The molecule has 5 nitrogen and oxygen atoms in total. The summed E-state index contributed by atoms with van der Waals surface area (Å²) in [7, 11) is -4.11. The largest absolute Gasteiger partial charge is 0.306 e. The van der Waals surface area contributed by atoms with E-state index in [1.54, 1.807) is 22.9 Å². The van der Waals surface area contributed by atoms with Gasteiger partial charge in [-0.2, -0.15) is 0 Å². The molecule has 0 bridgehead atoms. The maximum atomic E-state index is 12.0. The van der Waals surface area contributed by atoms with Gasteiger partial charge in [0.2, 0.25) is 0 Å². The third-order valence-electron chi connectivity index (χ3n) is 2.59. The SMILES string of the molecule is O=C(NS(=O)(=O)c1ccc(Cl)cc1)C(=O)c1ccccc1. The second kappa shape index (κ2) is 6.07. The third-order valence-corrected chi connectivity index (χ3v) is 4.19. The quantitative estimate of drug-likeness (QED) is 0.689. The zero-order valence-electron chi connectivity index (χ0n) is 10.6. The summed E-state index contributed by atoms with van der Waals surface area (Å²) in [5, 5.41) is 0.362. The van der Waals surface area contributed by atoms with E-state index >= 15 is 0 Å². The summed E-state index contributed by atoms with van der Waals surface area (Å²) < 4.78 is 25.7. The van der Waals surface area contributed by atoms with E-state index in [4.69, 9.17) is 11.6 Å². The van der Waals surface area contributed by atoms with Gasteiger partial charge in [-0.15, -0.1) is 0 Å². The molecule has 2 rings (SSSR count). The van der Waals surface area contributed by atoms with Gasteiger partial charge in [0.15, 0.2) is 0 Å². The number of carbonyl (C=O) groups is 2. The molecule has 0 aromatic heterocycles. The molecule has 0 unspecified atom stereocenters. The van der Waals surface area contributed by atoms with Crippen LogP contribution >= 0.6 is 11.6 Å². The number of halogens is 1. The van der Waals surface area contributed by atoms with E-state index in [2.05, 4.69) is 0 Å². The molecule has 0 radical (unpaired) electrons. The van der Waals surface area contributed by atoms with Crippen LogP contribution in [0.1, 0.15) is 10.4 Å². The van der Waals surface area contributed by atoms with Crippen LogP contribution in [0, 0.1) is 0 Å². The number of ketones is 1. The van der Waals surface area contributed by atoms with Gasteiger partial charge < -0.3 is 0 Å². The Morgan fingerprint density at radius 3 is 2.05 bits per heavy atom. The minimum atomic E-state index is -4.11. The van der Waals surface area contributed by atoms with E-state index in [9.17, 15) is 18.0 Å². The molecular formula is C14H10ClNO4S. The molecule has 0 saturated heterocycles. The molecule has 0 fully saturated rings. The first-order chi connectivity index (χ1) is 9.90. The second-order valence-electron chi connectivity index (χ2n) is 4.08. The van der Waals surface area contributed by atoms with Gasteiger partial charge in [0.1, 0.15) is 0 Å². The highest BCUT2D eigenvalue weighted by molar-refractivity contribution is 7.90. The third kappa shape index (κ3) is 3.68. The number of sulfonamides is 1. The fourth-order valence-corrected chi connectivity index (χ4v) is 2.64. The molecule has 0 aliphatic rings. The van der Waals surface area contributed by atoms with Gasteiger partial charge in [0.05, 0.1) is 4.90 Å². The number of nitrogens with one attached hydrogen (secondary N) is 1. The van der Waals surface area contributed by atoms with E-state index in [1.165, 1.54) is 36.4 Å². The molecule has 0 spiro atoms. The summed E-state index contributed by atoms with van der Waals surface area (Å²) in [5.74, 6) is -2.13. The van der Waals surface area contributed by atoms with Crippen molar-refractivity contribution in [1.82, 2.24) is 4.72 Å². The lowest BCUT2D eigenvalue weighted by Crippen LogP contribution is -2.36. The summed E-state index contributed by atoms with van der Waals surface area (Å²) in [6.45, 7) is 0. The molecule has 0 aliphatic heterocycles. The van der Waals surface area contributed by atoms with Crippen LogP contribution in [0.25, 0.3) is 0 Å². The molecule has 1 amide bonds. The highest BCUT2D eigenvalue weighted by atomic mass is 35.5. The second-order valence-corrected chi connectivity index (χ2v) is 6.20. The first-order valence-electron chi connectivity index (χ1n) is 5.82. The summed E-state index contributed by atoms with van der Waals surface area (Å²) in [5.41, 5.74) is 0.112. The van der Waals surface area contributed by atoms with Crippen molar-refractivity contribution in [2.24, 2.45) is 0 Å². The molecule has 7 heteroatoms. The van der Waals surface area contributed by atoms with Crippen molar-refractivity contribution in [3.8, 4) is 0 Å². The van der Waals surface area contributed by atoms with E-state index in [1.807, 2.05) is 0 Å². The van der Waals surface area contributed by atoms with Crippen molar-refractivity contribution in [3.05, 3.63) is 65.2 Å². The van der Waals surface area contributed by atoms with Crippen LogP contribution in [0.2, 0.25) is 5.02 Å². The van der Waals surface area contributed by atoms with Gasteiger partial charge in [-0.1, -0.05) is 41.9 Å². The molecule has 2 aromatic rings. The van der Waals surface area contributed by atoms with E-state index in [0.717, 1.165) is 0 Å². The molecular weight excluding hydrogens is 314 g/mol. The van der Waals surface area contributed by atoms with Crippen molar-refractivity contribution in [3.63, 3.8) is 0 Å². The Balaban J connectivity index is 2.19. The molecule has 21 heavy (non-hydrogen) atoms. The van der Waals surface area contributed by atoms with Gasteiger partial charge >= 0.3 is 5.91 Å². The van der Waals surface area contributed by atoms with Crippen molar-refractivity contribution in [2.45, 2.75) is 4.90 Å². The number of benzene rings is 2. The van der Waals surface area contributed by atoms with Crippen LogP contribution in [0.4, 0.5) is 0 Å². The monoisotopic (exact) mass is 323 g/mol. The molecule has 2 aromatic carbocycles. The lowest BCUT2D eigenvalue weighted by Gasteiger charge is -2.06. The first-order valence-corrected chi connectivity index (χ1v) is 7.68. The fourth-order valence-electron chi connectivity index (χ4n) is 1.56. The highest BCUT2D eigenvalue weighted by Gasteiger charge is 2.23. The van der Waals surface area contributed by atoms with Crippen molar-refractivity contribution < 1.29 is 18.0 Å². The van der Waals surface area contributed by atoms with E-state index < -0.39 is 21.7 Å². The van der Waals surface area contributed by atoms with Gasteiger partial charge in [-0.25, -0.2) is 13.1 Å². The minimum absolute atomic E-state index is 0.112. The highest BCUT2D eigenvalue weighted by Crippen LogP contribution is 2.14. The van der Waals surface area contributed by atoms with E-state index in [0.29, 0.717) is 5.02 Å². The Hall–Kier alpha value is -2.18. The van der Waals surface area contributed by atoms with Crippen molar-refractivity contribution >= 4 is 33.3 Å². The maximum Gasteiger partial charge on any atom is 0.306 e. The molecule has 0 atom stereocenters. The smallest absolute Gasteiger partial charge is 0.283 e. The summed E-state index contributed by atoms with van der Waals surface area (Å²) in [6, 6.07) is 12.9. The van der Waals surface area contributed by atoms with Gasteiger partial charge in [0, 0.05) is 10.6 Å². The molecule has 1 N–H and O–H groups in total. The number of hydrogen-bond donors (Lipinski definition) is 1. The standard InChI is InChI=1S/C14H10ClNO4S/c15-11-6-8-12(9-7-11)21(19,20)16-14(18)13(17)10-4-2-1-3-5-10/h1-9H,(H,16,18). The van der Waals surface area contributed by atoms with Gasteiger partial charge in [-0.3, -0.25) is 9.59 Å². The van der Waals surface area contributed by atoms with Crippen LogP contribution in [-0.4, -0.2) is 20.1 Å². The maximum absolute atomic E-state index is 12.0. The Bertz CT molecular complexity index is 770. The average Bonchev–Trinajstić information content (AvgIpc) is 2.47. The topological polar surface area (TPSA) is 80.3 Å². The Kier molecular flexibility index (Phi) is 4.40. The van der Waals surface area contributed by atoms with Crippen LogP contribution < -0.4 is 4.72 Å². The normalized spacial score (nSPS) is 10.9. The summed E-state index contributed by atoms with van der Waals surface area (Å²) in [4.78, 5) is 23.4. The lowest BCUT2D eigenvalue weighted by atomic mass is 10.1. The molecule has 0 heterocycles. The number of hydrogen-bond acceptors (Lipinski definition) is 4. The fraction of sp³-hybridized carbons (Fsp3) is 0. The average molecular weight is 324 g/mol. The number of rotatable bonds is 4. The lowest BCUT2D eigenvalue weighted by molar-refractivity contribution is -0.115. The van der Waals surface area contributed by atoms with Crippen molar-refractivity contribution in [2.75, 3.05) is 0 Å². The molecule has 108 valence electrons. The molecule has 0 saturated carbocycles. The Morgan fingerprint density at radius 2 is 1.48 bits per heavy atom. The van der Waals surface area contributed by atoms with E-state index in [-0.39, 0.29) is 10.5 Å². The number of amides is 1.